The van der Waals surface area contributed by atoms with Crippen molar-refractivity contribution in [2.45, 2.75) is 17.7 Å². The second kappa shape index (κ2) is 9.91. The number of nitrogens with two attached hydrogens (primary N) is 1. The van der Waals surface area contributed by atoms with Gasteiger partial charge in [-0.25, -0.2) is 4.98 Å². The lowest BCUT2D eigenvalue weighted by Gasteiger charge is -2.08. The summed E-state index contributed by atoms with van der Waals surface area (Å²) < 4.78 is 7.49. The molecule has 0 atom stereocenters. The first-order valence-electron chi connectivity index (χ1n) is 8.60. The van der Waals surface area contributed by atoms with E-state index in [4.69, 9.17) is 10.5 Å². The summed E-state index contributed by atoms with van der Waals surface area (Å²) >= 11 is 6.11. The third kappa shape index (κ3) is 6.59. The van der Waals surface area contributed by atoms with Gasteiger partial charge >= 0.3 is 0 Å². The molecule has 150 valence electrons. The molecule has 6 nitrogen and oxygen atoms in total. The summed E-state index contributed by atoms with van der Waals surface area (Å²) in [6.07, 6.45) is 0.172. The second-order valence-electron chi connectivity index (χ2n) is 6.05. The molecular formula is C20H18BrN3O3S2. The topological polar surface area (TPSA) is 94.3 Å². The number of rotatable bonds is 8. The van der Waals surface area contributed by atoms with Crippen molar-refractivity contribution in [3.8, 4) is 11.5 Å². The molecule has 2 aromatic carbocycles. The molecule has 3 N–H and O–H groups in total. The first-order chi connectivity index (χ1) is 13.9. The summed E-state index contributed by atoms with van der Waals surface area (Å²) in [4.78, 5) is 28.5. The van der Waals surface area contributed by atoms with Gasteiger partial charge in [-0.2, -0.15) is 0 Å². The van der Waals surface area contributed by atoms with Gasteiger partial charge in [0.1, 0.15) is 11.5 Å². The Bertz CT molecular complexity index is 1000. The smallest absolute Gasteiger partial charge is 0.234 e. The van der Waals surface area contributed by atoms with Crippen LogP contribution in [0, 0.1) is 6.92 Å². The molecule has 1 heterocycles. The number of primary amides is 1. The summed E-state index contributed by atoms with van der Waals surface area (Å²) in [6, 6.07) is 14.7. The minimum atomic E-state index is -0.390. The standard InChI is InChI=1S/C20H18BrN3O3S2/c1-12-17(10-18(22)25)29-20(23-12)28-11-19(26)24-14-4-8-16(9-5-14)27-15-6-2-13(21)3-7-15/h2-9H,10-11H2,1H3,(H2,22,25)(H,24,26). The van der Waals surface area contributed by atoms with Gasteiger partial charge in [-0.15, -0.1) is 11.3 Å². The maximum absolute atomic E-state index is 12.2. The van der Waals surface area contributed by atoms with Crippen LogP contribution < -0.4 is 15.8 Å². The summed E-state index contributed by atoms with van der Waals surface area (Å²) in [5.74, 6) is 1.11. The zero-order chi connectivity index (χ0) is 20.8. The highest BCUT2D eigenvalue weighted by atomic mass is 79.9. The molecule has 0 aliphatic heterocycles. The predicted molar refractivity (Wildman–Crippen MR) is 120 cm³/mol. The van der Waals surface area contributed by atoms with Crippen molar-refractivity contribution < 1.29 is 14.3 Å². The fourth-order valence-electron chi connectivity index (χ4n) is 2.35. The van der Waals surface area contributed by atoms with E-state index in [1.165, 1.54) is 23.1 Å². The van der Waals surface area contributed by atoms with Gasteiger partial charge in [0.25, 0.3) is 0 Å². The molecule has 0 spiro atoms. The fraction of sp³-hybridized carbons (Fsp3) is 0.150. The van der Waals surface area contributed by atoms with Crippen LogP contribution in [0.5, 0.6) is 11.5 Å². The number of hydrogen-bond acceptors (Lipinski definition) is 6. The van der Waals surface area contributed by atoms with Crippen LogP contribution in [-0.4, -0.2) is 22.6 Å². The van der Waals surface area contributed by atoms with Crippen LogP contribution in [0.3, 0.4) is 0 Å². The lowest BCUT2D eigenvalue weighted by Crippen LogP contribution is -2.13. The molecule has 0 radical (unpaired) electrons. The molecule has 0 bridgehead atoms. The number of aryl methyl sites for hydroxylation is 1. The van der Waals surface area contributed by atoms with Crippen LogP contribution >= 0.6 is 39.0 Å². The number of carbonyl (C=O) groups excluding carboxylic acids is 2. The Kier molecular flexibility index (Phi) is 7.29. The minimum Gasteiger partial charge on any atom is -0.457 e. The number of thiazole rings is 1. The van der Waals surface area contributed by atoms with Crippen LogP contribution in [0.4, 0.5) is 5.69 Å². The predicted octanol–water partition coefficient (Wildman–Crippen LogP) is 4.76. The first-order valence-corrected chi connectivity index (χ1v) is 11.2. The molecule has 1 aromatic heterocycles. The Labute approximate surface area is 185 Å². The number of amides is 2. The van der Waals surface area contributed by atoms with E-state index in [2.05, 4.69) is 26.2 Å². The van der Waals surface area contributed by atoms with Gasteiger partial charge in [0.2, 0.25) is 11.8 Å². The van der Waals surface area contributed by atoms with Crippen LogP contribution in [0.1, 0.15) is 10.6 Å². The molecule has 0 aliphatic carbocycles. The summed E-state index contributed by atoms with van der Waals surface area (Å²) in [5.41, 5.74) is 6.69. The molecule has 0 saturated heterocycles. The number of aromatic nitrogens is 1. The molecule has 0 fully saturated rings. The van der Waals surface area contributed by atoms with E-state index in [9.17, 15) is 9.59 Å². The SMILES string of the molecule is Cc1nc(SCC(=O)Nc2ccc(Oc3ccc(Br)cc3)cc2)sc1CC(N)=O. The number of nitrogens with zero attached hydrogens (tertiary/aromatic N) is 1. The largest absolute Gasteiger partial charge is 0.457 e. The van der Waals surface area contributed by atoms with E-state index >= 15 is 0 Å². The highest BCUT2D eigenvalue weighted by molar-refractivity contribution is 9.10. The van der Waals surface area contributed by atoms with Gasteiger partial charge in [0.05, 0.1) is 17.9 Å². The van der Waals surface area contributed by atoms with Gasteiger partial charge in [-0.05, 0) is 55.5 Å². The van der Waals surface area contributed by atoms with Crippen molar-refractivity contribution in [3.05, 3.63) is 63.6 Å². The molecule has 0 aliphatic rings. The average molecular weight is 492 g/mol. The van der Waals surface area contributed by atoms with Crippen LogP contribution in [0.15, 0.2) is 57.3 Å². The summed E-state index contributed by atoms with van der Waals surface area (Å²) in [5, 5.41) is 2.85. The third-order valence-corrected chi connectivity index (χ3v) is 6.55. The fourth-order valence-corrected chi connectivity index (χ4v) is 4.66. The van der Waals surface area contributed by atoms with Gasteiger partial charge in [0.15, 0.2) is 4.34 Å². The molecule has 9 heteroatoms. The number of ether oxygens (including phenoxy) is 1. The van der Waals surface area contributed by atoms with Crippen LogP contribution in [0.25, 0.3) is 0 Å². The number of carbonyl (C=O) groups is 2. The van der Waals surface area contributed by atoms with E-state index in [-0.39, 0.29) is 18.1 Å². The number of thioether (sulfide) groups is 1. The van der Waals surface area contributed by atoms with Gasteiger partial charge in [-0.3, -0.25) is 9.59 Å². The van der Waals surface area contributed by atoms with Gasteiger partial charge in [0, 0.05) is 15.0 Å². The van der Waals surface area contributed by atoms with E-state index in [0.717, 1.165) is 25.1 Å². The Morgan fingerprint density at radius 1 is 1.14 bits per heavy atom. The first kappa shape index (κ1) is 21.4. The van der Waals surface area contributed by atoms with E-state index in [1.54, 1.807) is 24.3 Å². The van der Waals surface area contributed by atoms with E-state index < -0.39 is 5.91 Å². The maximum Gasteiger partial charge on any atom is 0.234 e. The van der Waals surface area contributed by atoms with Gasteiger partial charge in [-0.1, -0.05) is 27.7 Å². The molecule has 29 heavy (non-hydrogen) atoms. The van der Waals surface area contributed by atoms with Crippen molar-refractivity contribution in [2.24, 2.45) is 5.73 Å². The Hall–Kier alpha value is -2.36. The number of hydrogen-bond donors (Lipinski definition) is 2. The lowest BCUT2D eigenvalue weighted by atomic mass is 10.3. The molecule has 0 saturated carbocycles. The lowest BCUT2D eigenvalue weighted by molar-refractivity contribution is -0.117. The number of benzene rings is 2. The van der Waals surface area contributed by atoms with Crippen molar-refractivity contribution >= 4 is 56.5 Å². The van der Waals surface area contributed by atoms with Crippen molar-refractivity contribution in [3.63, 3.8) is 0 Å². The Morgan fingerprint density at radius 2 is 1.76 bits per heavy atom. The van der Waals surface area contributed by atoms with Crippen molar-refractivity contribution in [1.29, 1.82) is 0 Å². The highest BCUT2D eigenvalue weighted by Gasteiger charge is 2.12. The molecule has 0 unspecified atom stereocenters. The highest BCUT2D eigenvalue weighted by Crippen LogP contribution is 2.28. The number of nitrogens with one attached hydrogen (secondary N) is 1. The third-order valence-electron chi connectivity index (χ3n) is 3.72. The monoisotopic (exact) mass is 491 g/mol. The van der Waals surface area contributed by atoms with Crippen LogP contribution in [0.2, 0.25) is 0 Å². The molecule has 2 amide bonds. The normalized spacial score (nSPS) is 10.6. The zero-order valence-corrected chi connectivity index (χ0v) is 18.7. The quantitative estimate of drug-likeness (QED) is 0.442. The van der Waals surface area contributed by atoms with Gasteiger partial charge < -0.3 is 15.8 Å². The Balaban J connectivity index is 1.50. The van der Waals surface area contributed by atoms with E-state index in [1.807, 2.05) is 31.2 Å². The second-order valence-corrected chi connectivity index (χ2v) is 9.27. The number of anilines is 1. The van der Waals surface area contributed by atoms with Crippen molar-refractivity contribution in [2.75, 3.05) is 11.1 Å². The average Bonchev–Trinajstić information content (AvgIpc) is 3.02. The zero-order valence-electron chi connectivity index (χ0n) is 15.5. The summed E-state index contributed by atoms with van der Waals surface area (Å²) in [6.45, 7) is 1.83. The minimum absolute atomic E-state index is 0.138. The molecular weight excluding hydrogens is 474 g/mol. The van der Waals surface area contributed by atoms with Crippen molar-refractivity contribution in [1.82, 2.24) is 4.98 Å². The Morgan fingerprint density at radius 3 is 2.38 bits per heavy atom. The molecule has 3 aromatic rings. The summed E-state index contributed by atoms with van der Waals surface area (Å²) in [7, 11) is 0. The maximum atomic E-state index is 12.2. The van der Waals surface area contributed by atoms with Crippen LogP contribution in [-0.2, 0) is 16.0 Å². The number of halogens is 1. The van der Waals surface area contributed by atoms with E-state index in [0.29, 0.717) is 11.4 Å². The molecule has 3 rings (SSSR count).